The maximum Gasteiger partial charge on any atom is 0.233 e. The number of carbonyl (C=O) groups excluding carboxylic acids is 1. The molecule has 0 aliphatic carbocycles. The standard InChI is InChI=1S/C25H24N4OS/c1-19(20-12-6-3-7-13-20)28(2)23(30)18-31-25-27-26-24(21-14-8-4-9-15-21)29(25)22-16-10-5-11-17-22/h3-17,19H,18H2,1-2H3. The Kier molecular flexibility index (Phi) is 6.48. The number of aromatic nitrogens is 3. The minimum atomic E-state index is 0.00109. The third kappa shape index (κ3) is 4.70. The number of hydrogen-bond acceptors (Lipinski definition) is 4. The lowest BCUT2D eigenvalue weighted by molar-refractivity contribution is -0.128. The first kappa shape index (κ1) is 20.9. The molecule has 5 nitrogen and oxygen atoms in total. The molecule has 1 atom stereocenters. The van der Waals surface area contributed by atoms with Crippen molar-refractivity contribution in [2.45, 2.75) is 18.1 Å². The van der Waals surface area contributed by atoms with Crippen LogP contribution < -0.4 is 0 Å². The minimum Gasteiger partial charge on any atom is -0.338 e. The first-order valence-corrected chi connectivity index (χ1v) is 11.1. The van der Waals surface area contributed by atoms with Crippen LogP contribution in [0.15, 0.2) is 96.2 Å². The molecule has 0 spiro atoms. The van der Waals surface area contributed by atoms with E-state index in [2.05, 4.69) is 10.2 Å². The summed E-state index contributed by atoms with van der Waals surface area (Å²) in [4.78, 5) is 14.7. The molecule has 1 amide bonds. The van der Waals surface area contributed by atoms with Crippen LogP contribution in [0.3, 0.4) is 0 Å². The summed E-state index contributed by atoms with van der Waals surface area (Å²) in [6.45, 7) is 2.04. The van der Waals surface area contributed by atoms with Crippen molar-refractivity contribution < 1.29 is 4.79 Å². The average Bonchev–Trinajstić information content (AvgIpc) is 3.27. The molecule has 31 heavy (non-hydrogen) atoms. The molecule has 156 valence electrons. The Morgan fingerprint density at radius 2 is 1.48 bits per heavy atom. The first-order chi connectivity index (χ1) is 15.1. The second-order valence-electron chi connectivity index (χ2n) is 7.22. The number of rotatable bonds is 7. The quantitative estimate of drug-likeness (QED) is 0.378. The summed E-state index contributed by atoms with van der Waals surface area (Å²) in [5, 5.41) is 9.54. The van der Waals surface area contributed by atoms with Gasteiger partial charge in [0.15, 0.2) is 11.0 Å². The van der Waals surface area contributed by atoms with Crippen molar-refractivity contribution in [2.75, 3.05) is 12.8 Å². The number of nitrogens with zero attached hydrogens (tertiary/aromatic N) is 4. The van der Waals surface area contributed by atoms with Crippen LogP contribution >= 0.6 is 11.8 Å². The topological polar surface area (TPSA) is 51.0 Å². The third-order valence-corrected chi connectivity index (χ3v) is 6.17. The number of amides is 1. The fourth-order valence-electron chi connectivity index (χ4n) is 3.35. The van der Waals surface area contributed by atoms with Gasteiger partial charge in [0.05, 0.1) is 11.8 Å². The van der Waals surface area contributed by atoms with Gasteiger partial charge >= 0.3 is 0 Å². The van der Waals surface area contributed by atoms with Gasteiger partial charge in [0.1, 0.15) is 0 Å². The van der Waals surface area contributed by atoms with E-state index in [4.69, 9.17) is 0 Å². The second-order valence-corrected chi connectivity index (χ2v) is 8.17. The van der Waals surface area contributed by atoms with Crippen molar-refractivity contribution in [2.24, 2.45) is 0 Å². The maximum atomic E-state index is 12.9. The lowest BCUT2D eigenvalue weighted by Crippen LogP contribution is -2.31. The fraction of sp³-hybridized carbons (Fsp3) is 0.160. The highest BCUT2D eigenvalue weighted by molar-refractivity contribution is 7.99. The molecular formula is C25H24N4OS. The normalized spacial score (nSPS) is 11.8. The molecule has 1 unspecified atom stereocenters. The molecule has 0 aliphatic heterocycles. The molecular weight excluding hydrogens is 404 g/mol. The van der Waals surface area contributed by atoms with Crippen LogP contribution in [-0.4, -0.2) is 38.4 Å². The largest absolute Gasteiger partial charge is 0.338 e. The summed E-state index contributed by atoms with van der Waals surface area (Å²) in [6, 6.07) is 30.0. The summed E-state index contributed by atoms with van der Waals surface area (Å²) >= 11 is 1.40. The molecule has 0 radical (unpaired) electrons. The Morgan fingerprint density at radius 1 is 0.903 bits per heavy atom. The van der Waals surface area contributed by atoms with Crippen LogP contribution in [0.25, 0.3) is 17.1 Å². The van der Waals surface area contributed by atoms with Crippen molar-refractivity contribution in [1.29, 1.82) is 0 Å². The molecule has 0 saturated carbocycles. The lowest BCUT2D eigenvalue weighted by Gasteiger charge is -2.25. The van der Waals surface area contributed by atoms with Gasteiger partial charge in [-0.15, -0.1) is 10.2 Å². The van der Waals surface area contributed by atoms with Crippen LogP contribution in [-0.2, 0) is 4.79 Å². The molecule has 0 bridgehead atoms. The van der Waals surface area contributed by atoms with Crippen molar-refractivity contribution in [3.8, 4) is 17.1 Å². The van der Waals surface area contributed by atoms with E-state index < -0.39 is 0 Å². The summed E-state index contributed by atoms with van der Waals surface area (Å²) in [7, 11) is 1.85. The predicted molar refractivity (Wildman–Crippen MR) is 125 cm³/mol. The van der Waals surface area contributed by atoms with E-state index in [1.54, 1.807) is 4.90 Å². The van der Waals surface area contributed by atoms with Gasteiger partial charge in [-0.3, -0.25) is 9.36 Å². The van der Waals surface area contributed by atoms with E-state index in [9.17, 15) is 4.79 Å². The number of para-hydroxylation sites is 1. The highest BCUT2D eigenvalue weighted by Crippen LogP contribution is 2.28. The van der Waals surface area contributed by atoms with Crippen molar-refractivity contribution in [1.82, 2.24) is 19.7 Å². The van der Waals surface area contributed by atoms with Crippen LogP contribution in [0.2, 0.25) is 0 Å². The highest BCUT2D eigenvalue weighted by Gasteiger charge is 2.20. The summed E-state index contributed by atoms with van der Waals surface area (Å²) < 4.78 is 2.01. The van der Waals surface area contributed by atoms with E-state index in [0.717, 1.165) is 22.6 Å². The van der Waals surface area contributed by atoms with Gasteiger partial charge in [-0.05, 0) is 24.6 Å². The fourth-order valence-corrected chi connectivity index (χ4v) is 4.22. The zero-order chi connectivity index (χ0) is 21.6. The summed E-state index contributed by atoms with van der Waals surface area (Å²) in [6.07, 6.45) is 0. The van der Waals surface area contributed by atoms with Gasteiger partial charge in [-0.1, -0.05) is 90.6 Å². The van der Waals surface area contributed by atoms with Crippen LogP contribution in [0.5, 0.6) is 0 Å². The first-order valence-electron chi connectivity index (χ1n) is 10.1. The molecule has 4 rings (SSSR count). The van der Waals surface area contributed by atoms with E-state index in [1.165, 1.54) is 11.8 Å². The van der Waals surface area contributed by atoms with Crippen LogP contribution in [0, 0.1) is 0 Å². The monoisotopic (exact) mass is 428 g/mol. The number of benzene rings is 3. The van der Waals surface area contributed by atoms with Crippen molar-refractivity contribution in [3.63, 3.8) is 0 Å². The van der Waals surface area contributed by atoms with Gasteiger partial charge in [-0.2, -0.15) is 0 Å². The smallest absolute Gasteiger partial charge is 0.233 e. The summed E-state index contributed by atoms with van der Waals surface area (Å²) in [5.41, 5.74) is 3.06. The lowest BCUT2D eigenvalue weighted by atomic mass is 10.1. The van der Waals surface area contributed by atoms with Crippen LogP contribution in [0.1, 0.15) is 18.5 Å². The second kappa shape index (κ2) is 9.62. The average molecular weight is 429 g/mol. The number of hydrogen-bond donors (Lipinski definition) is 0. The van der Waals surface area contributed by atoms with Gasteiger partial charge in [0.25, 0.3) is 0 Å². The third-order valence-electron chi connectivity index (χ3n) is 5.26. The van der Waals surface area contributed by atoms with Gasteiger partial charge in [0, 0.05) is 18.3 Å². The Bertz CT molecular complexity index is 1130. The molecule has 0 saturated heterocycles. The van der Waals surface area contributed by atoms with E-state index in [1.807, 2.05) is 110 Å². The van der Waals surface area contributed by atoms with Gasteiger partial charge in [-0.25, -0.2) is 0 Å². The predicted octanol–water partition coefficient (Wildman–Crippen LogP) is 5.25. The van der Waals surface area contributed by atoms with E-state index >= 15 is 0 Å². The van der Waals surface area contributed by atoms with E-state index in [0.29, 0.717) is 5.16 Å². The van der Waals surface area contributed by atoms with Crippen LogP contribution in [0.4, 0.5) is 0 Å². The van der Waals surface area contributed by atoms with E-state index in [-0.39, 0.29) is 17.7 Å². The van der Waals surface area contributed by atoms with Gasteiger partial charge in [0.2, 0.25) is 5.91 Å². The molecule has 6 heteroatoms. The number of carbonyl (C=O) groups is 1. The Morgan fingerprint density at radius 3 is 2.13 bits per heavy atom. The Hall–Kier alpha value is -3.38. The minimum absolute atomic E-state index is 0.00109. The van der Waals surface area contributed by atoms with Gasteiger partial charge < -0.3 is 4.90 Å². The molecule has 4 aromatic rings. The Balaban J connectivity index is 1.56. The molecule has 1 aromatic heterocycles. The summed E-state index contributed by atoms with van der Waals surface area (Å²) in [5.74, 6) is 1.09. The molecule has 1 heterocycles. The molecule has 3 aromatic carbocycles. The molecule has 0 fully saturated rings. The zero-order valence-electron chi connectivity index (χ0n) is 17.6. The number of thioether (sulfide) groups is 1. The Labute approximate surface area is 186 Å². The zero-order valence-corrected chi connectivity index (χ0v) is 18.4. The maximum absolute atomic E-state index is 12.9. The highest BCUT2D eigenvalue weighted by atomic mass is 32.2. The molecule has 0 N–H and O–H groups in total. The molecule has 0 aliphatic rings. The van der Waals surface area contributed by atoms with Crippen molar-refractivity contribution in [3.05, 3.63) is 96.6 Å². The van der Waals surface area contributed by atoms with Crippen molar-refractivity contribution >= 4 is 17.7 Å². The SMILES string of the molecule is CC(c1ccccc1)N(C)C(=O)CSc1nnc(-c2ccccc2)n1-c1ccccc1.